The maximum Gasteiger partial charge on any atom is 0.220 e. The Morgan fingerprint density at radius 1 is 1.57 bits per heavy atom. The molecule has 6 nitrogen and oxygen atoms in total. The van der Waals surface area contributed by atoms with Crippen LogP contribution in [0.3, 0.4) is 0 Å². The number of nitrogens with one attached hydrogen (secondary N) is 1. The summed E-state index contributed by atoms with van der Waals surface area (Å²) in [5.41, 5.74) is 0. The van der Waals surface area contributed by atoms with Gasteiger partial charge in [0.1, 0.15) is 21.8 Å². The molecule has 5 atom stereocenters. The molecule has 0 aromatic carbocycles. The zero-order chi connectivity index (χ0) is 15.8. The smallest absolute Gasteiger partial charge is 0.220 e. The highest BCUT2D eigenvalue weighted by molar-refractivity contribution is 6.11. The van der Waals surface area contributed by atoms with E-state index >= 15 is 0 Å². The van der Waals surface area contributed by atoms with Crippen LogP contribution in [0.4, 0.5) is 0 Å². The van der Waals surface area contributed by atoms with Crippen molar-refractivity contribution in [1.82, 2.24) is 5.32 Å². The van der Waals surface area contributed by atoms with Crippen LogP contribution < -0.4 is 5.32 Å². The lowest BCUT2D eigenvalue weighted by Gasteiger charge is -2.18. The van der Waals surface area contributed by atoms with Crippen LogP contribution in [0.1, 0.15) is 32.6 Å². The lowest BCUT2D eigenvalue weighted by molar-refractivity contribution is -0.122. The van der Waals surface area contributed by atoms with Crippen LogP contribution in [0.5, 0.6) is 0 Å². The van der Waals surface area contributed by atoms with E-state index in [1.807, 2.05) is 22.6 Å². The van der Waals surface area contributed by atoms with Crippen LogP contribution in [0, 0.1) is 0 Å². The normalized spacial score (nSPS) is 28.2. The standard InChI is InChI=1S/C13H27B2NO5/c1-8(7-17)20-11(14)3-2-4-13(19)16-6-10-9(18)5-12(15)21-10/h8-12,17-18H,2-7,14-15H2,1H3,(H,16,19)/t8?,9-,10-,11-,12-/m1/s1. The van der Waals surface area contributed by atoms with Crippen molar-refractivity contribution in [2.75, 3.05) is 13.2 Å². The number of aliphatic hydroxyl groups excluding tert-OH is 2. The highest BCUT2D eigenvalue weighted by Crippen LogP contribution is 2.17. The summed E-state index contributed by atoms with van der Waals surface area (Å²) in [5, 5.41) is 21.4. The largest absolute Gasteiger partial charge is 0.394 e. The van der Waals surface area contributed by atoms with Gasteiger partial charge in [-0.15, -0.1) is 0 Å². The van der Waals surface area contributed by atoms with Gasteiger partial charge in [-0.3, -0.25) is 4.79 Å². The van der Waals surface area contributed by atoms with Gasteiger partial charge < -0.3 is 25.0 Å². The molecule has 120 valence electrons. The molecule has 1 rings (SSSR count). The number of rotatable bonds is 9. The first-order valence-electron chi connectivity index (χ1n) is 7.79. The lowest BCUT2D eigenvalue weighted by Crippen LogP contribution is -2.37. The molecule has 1 aliphatic heterocycles. The first-order valence-corrected chi connectivity index (χ1v) is 7.79. The third-order valence-electron chi connectivity index (χ3n) is 3.65. The molecular weight excluding hydrogens is 272 g/mol. The van der Waals surface area contributed by atoms with Crippen molar-refractivity contribution in [3.63, 3.8) is 0 Å². The number of hydrogen-bond donors (Lipinski definition) is 3. The first-order chi connectivity index (χ1) is 9.92. The van der Waals surface area contributed by atoms with Gasteiger partial charge in [-0.1, -0.05) is 0 Å². The summed E-state index contributed by atoms with van der Waals surface area (Å²) in [6, 6.07) is 0.0780. The topological polar surface area (TPSA) is 88.0 Å². The van der Waals surface area contributed by atoms with E-state index in [2.05, 4.69) is 5.32 Å². The molecule has 1 saturated heterocycles. The molecule has 21 heavy (non-hydrogen) atoms. The van der Waals surface area contributed by atoms with E-state index in [9.17, 15) is 9.90 Å². The van der Waals surface area contributed by atoms with Gasteiger partial charge in [0.15, 0.2) is 0 Å². The maximum atomic E-state index is 11.7. The summed E-state index contributed by atoms with van der Waals surface area (Å²) in [7, 11) is 3.86. The third-order valence-corrected chi connectivity index (χ3v) is 3.65. The van der Waals surface area contributed by atoms with Crippen LogP contribution in [-0.2, 0) is 14.3 Å². The Bertz CT molecular complexity index is 321. The van der Waals surface area contributed by atoms with E-state index in [0.717, 1.165) is 12.8 Å². The Kier molecular flexibility index (Phi) is 8.32. The van der Waals surface area contributed by atoms with Gasteiger partial charge in [0.05, 0.1) is 18.8 Å². The van der Waals surface area contributed by atoms with Crippen molar-refractivity contribution in [2.24, 2.45) is 0 Å². The number of carbonyl (C=O) groups excluding carboxylic acids is 1. The fraction of sp³-hybridized carbons (Fsp3) is 0.923. The number of hydrogen-bond acceptors (Lipinski definition) is 5. The second-order valence-corrected chi connectivity index (χ2v) is 5.92. The highest BCUT2D eigenvalue weighted by Gasteiger charge is 2.31. The Labute approximate surface area is 128 Å². The number of ether oxygens (including phenoxy) is 2. The molecule has 0 spiro atoms. The van der Waals surface area contributed by atoms with Gasteiger partial charge >= 0.3 is 0 Å². The van der Waals surface area contributed by atoms with E-state index in [-0.39, 0.29) is 36.7 Å². The van der Waals surface area contributed by atoms with E-state index < -0.39 is 6.10 Å². The monoisotopic (exact) mass is 299 g/mol. The van der Waals surface area contributed by atoms with Crippen LogP contribution in [0.25, 0.3) is 0 Å². The molecule has 0 aliphatic carbocycles. The Balaban J connectivity index is 2.09. The molecule has 1 heterocycles. The van der Waals surface area contributed by atoms with Crippen LogP contribution in [-0.4, -0.2) is 75.3 Å². The molecule has 0 bridgehead atoms. The van der Waals surface area contributed by atoms with Crippen molar-refractivity contribution in [3.05, 3.63) is 0 Å². The van der Waals surface area contributed by atoms with Crippen molar-refractivity contribution in [2.45, 2.75) is 62.9 Å². The van der Waals surface area contributed by atoms with Crippen molar-refractivity contribution in [3.8, 4) is 0 Å². The predicted octanol–water partition coefficient (Wildman–Crippen LogP) is -2.26. The van der Waals surface area contributed by atoms with E-state index in [1.54, 1.807) is 0 Å². The zero-order valence-corrected chi connectivity index (χ0v) is 13.2. The quantitative estimate of drug-likeness (QED) is 0.418. The molecule has 1 unspecified atom stereocenters. The molecule has 0 radical (unpaired) electrons. The predicted molar refractivity (Wildman–Crippen MR) is 84.7 cm³/mol. The minimum absolute atomic E-state index is 0.00691. The molecule has 0 aromatic heterocycles. The summed E-state index contributed by atoms with van der Waals surface area (Å²) in [4.78, 5) is 11.7. The summed E-state index contributed by atoms with van der Waals surface area (Å²) >= 11 is 0. The SMILES string of the molecule is B[C@@H](CCCC(=O)NC[C@H]1O[C@@H](B)C[C@H]1O)OC(C)CO. The molecular formula is C13H27B2NO5. The second-order valence-electron chi connectivity index (χ2n) is 5.92. The van der Waals surface area contributed by atoms with Crippen molar-refractivity contribution >= 4 is 21.6 Å². The van der Waals surface area contributed by atoms with Gasteiger partial charge in [0.25, 0.3) is 0 Å². The summed E-state index contributed by atoms with van der Waals surface area (Å²) in [5.74, 6) is -0.0345. The minimum Gasteiger partial charge on any atom is -0.394 e. The van der Waals surface area contributed by atoms with Gasteiger partial charge in [-0.25, -0.2) is 0 Å². The van der Waals surface area contributed by atoms with Crippen LogP contribution in [0.2, 0.25) is 0 Å². The third kappa shape index (κ3) is 7.31. The molecule has 8 heteroatoms. The summed E-state index contributed by atoms with van der Waals surface area (Å²) in [6.07, 6.45) is 1.60. The van der Waals surface area contributed by atoms with Crippen molar-refractivity contribution < 1.29 is 24.5 Å². The molecule has 1 fully saturated rings. The fourth-order valence-corrected chi connectivity index (χ4v) is 2.48. The van der Waals surface area contributed by atoms with E-state index in [0.29, 0.717) is 19.4 Å². The Morgan fingerprint density at radius 2 is 2.29 bits per heavy atom. The van der Waals surface area contributed by atoms with Crippen LogP contribution >= 0.6 is 0 Å². The molecule has 0 aromatic rings. The van der Waals surface area contributed by atoms with Gasteiger partial charge in [0, 0.05) is 25.0 Å². The van der Waals surface area contributed by atoms with Crippen LogP contribution in [0.15, 0.2) is 0 Å². The second kappa shape index (κ2) is 9.46. The Morgan fingerprint density at radius 3 is 2.86 bits per heavy atom. The van der Waals surface area contributed by atoms with E-state index in [4.69, 9.17) is 14.6 Å². The fourth-order valence-electron chi connectivity index (χ4n) is 2.48. The molecule has 0 saturated carbocycles. The highest BCUT2D eigenvalue weighted by atomic mass is 16.5. The molecule has 1 aliphatic rings. The number of aliphatic hydroxyl groups is 2. The van der Waals surface area contributed by atoms with E-state index in [1.165, 1.54) is 0 Å². The van der Waals surface area contributed by atoms with Gasteiger partial charge in [-0.05, 0) is 26.2 Å². The van der Waals surface area contributed by atoms with Crippen molar-refractivity contribution in [1.29, 1.82) is 0 Å². The van der Waals surface area contributed by atoms with Gasteiger partial charge in [-0.2, -0.15) is 0 Å². The number of carbonyl (C=O) groups is 1. The molecule has 3 N–H and O–H groups in total. The zero-order valence-electron chi connectivity index (χ0n) is 13.2. The molecule has 1 amide bonds. The first kappa shape index (κ1) is 18.5. The average molecular weight is 299 g/mol. The lowest BCUT2D eigenvalue weighted by atomic mass is 9.94. The minimum atomic E-state index is -0.492. The summed E-state index contributed by atoms with van der Waals surface area (Å²) < 4.78 is 11.0. The Hall–Kier alpha value is -0.560. The van der Waals surface area contributed by atoms with Gasteiger partial charge in [0.2, 0.25) is 5.91 Å². The maximum absolute atomic E-state index is 11.7. The number of amides is 1. The average Bonchev–Trinajstić information content (AvgIpc) is 2.74. The summed E-state index contributed by atoms with van der Waals surface area (Å²) in [6.45, 7) is 2.18.